The molecule has 2 N–H and O–H groups in total. The standard InChI is InChI=1S/C30H40N4O3/c1-20(2)12-26(34-19-23(18-33(5)6)10-11-28(34)35)17-32-27(14-29(36)37)24-13-25(16-31-15-24)30-21(3)8-7-9-22(30)4/h7-11,13,15-16,19-20,26-27,32H,12,14,17-18H2,1-6H3,(H,36,37)/t26-,27-/m0/s1. The van der Waals surface area contributed by atoms with Crippen molar-refractivity contribution in [1.82, 2.24) is 19.8 Å². The topological polar surface area (TPSA) is 87.5 Å². The fraction of sp³-hybridized carbons (Fsp3) is 0.433. The van der Waals surface area contributed by atoms with E-state index in [1.54, 1.807) is 16.8 Å². The second-order valence-corrected chi connectivity index (χ2v) is 10.6. The van der Waals surface area contributed by atoms with Crippen LogP contribution in [0.2, 0.25) is 0 Å². The van der Waals surface area contributed by atoms with Gasteiger partial charge in [0, 0.05) is 55.4 Å². The number of carboxylic acid groups (broad SMARTS) is 1. The molecule has 0 amide bonds. The Morgan fingerprint density at radius 3 is 2.43 bits per heavy atom. The highest BCUT2D eigenvalue weighted by atomic mass is 16.4. The number of pyridine rings is 2. The molecule has 1 aromatic carbocycles. The van der Waals surface area contributed by atoms with Gasteiger partial charge in [-0.1, -0.05) is 38.1 Å². The maximum absolute atomic E-state index is 12.9. The van der Waals surface area contributed by atoms with E-state index in [4.69, 9.17) is 0 Å². The zero-order valence-electron chi connectivity index (χ0n) is 22.9. The summed E-state index contributed by atoms with van der Waals surface area (Å²) < 4.78 is 1.80. The highest BCUT2D eigenvalue weighted by Gasteiger charge is 2.21. The van der Waals surface area contributed by atoms with Crippen LogP contribution in [-0.4, -0.2) is 46.2 Å². The first-order valence-corrected chi connectivity index (χ1v) is 12.9. The summed E-state index contributed by atoms with van der Waals surface area (Å²) in [4.78, 5) is 31.2. The lowest BCUT2D eigenvalue weighted by Gasteiger charge is -2.26. The lowest BCUT2D eigenvalue weighted by Crippen LogP contribution is -2.35. The predicted octanol–water partition coefficient (Wildman–Crippen LogP) is 4.98. The molecular weight excluding hydrogens is 464 g/mol. The lowest BCUT2D eigenvalue weighted by molar-refractivity contribution is -0.137. The van der Waals surface area contributed by atoms with Gasteiger partial charge in [-0.05, 0) is 74.2 Å². The summed E-state index contributed by atoms with van der Waals surface area (Å²) in [6, 6.07) is 11.1. The summed E-state index contributed by atoms with van der Waals surface area (Å²) in [6.45, 7) is 9.61. The zero-order valence-corrected chi connectivity index (χ0v) is 22.9. The van der Waals surface area contributed by atoms with E-state index in [0.29, 0.717) is 12.5 Å². The van der Waals surface area contributed by atoms with E-state index >= 15 is 0 Å². The molecule has 3 rings (SSSR count). The van der Waals surface area contributed by atoms with Crippen LogP contribution in [-0.2, 0) is 11.3 Å². The molecule has 2 atom stereocenters. The number of rotatable bonds is 12. The van der Waals surface area contributed by atoms with E-state index in [9.17, 15) is 14.7 Å². The summed E-state index contributed by atoms with van der Waals surface area (Å²) in [6.07, 6.45) is 6.21. The molecule has 0 spiro atoms. The Bertz CT molecular complexity index is 1250. The van der Waals surface area contributed by atoms with Crippen molar-refractivity contribution in [2.24, 2.45) is 5.92 Å². The van der Waals surface area contributed by atoms with Gasteiger partial charge in [0.25, 0.3) is 5.56 Å². The zero-order chi connectivity index (χ0) is 27.1. The molecule has 0 saturated heterocycles. The molecule has 0 aliphatic heterocycles. The smallest absolute Gasteiger partial charge is 0.305 e. The summed E-state index contributed by atoms with van der Waals surface area (Å²) in [5.74, 6) is -0.524. The Morgan fingerprint density at radius 2 is 1.81 bits per heavy atom. The van der Waals surface area contributed by atoms with E-state index in [1.807, 2.05) is 44.7 Å². The number of benzene rings is 1. The predicted molar refractivity (Wildman–Crippen MR) is 149 cm³/mol. The largest absolute Gasteiger partial charge is 0.481 e. The third kappa shape index (κ3) is 7.84. The molecule has 3 aromatic rings. The van der Waals surface area contributed by atoms with Crippen LogP contribution in [0.4, 0.5) is 0 Å². The number of nitrogens with one attached hydrogen (secondary N) is 1. The van der Waals surface area contributed by atoms with Crippen molar-refractivity contribution in [3.63, 3.8) is 0 Å². The van der Waals surface area contributed by atoms with Crippen molar-refractivity contribution in [2.45, 2.75) is 59.2 Å². The van der Waals surface area contributed by atoms with Gasteiger partial charge >= 0.3 is 5.97 Å². The molecule has 0 saturated carbocycles. The van der Waals surface area contributed by atoms with Crippen molar-refractivity contribution in [1.29, 1.82) is 0 Å². The van der Waals surface area contributed by atoms with Crippen LogP contribution in [0.1, 0.15) is 61.0 Å². The number of nitrogens with zero attached hydrogens (tertiary/aromatic N) is 3. The number of aromatic nitrogens is 2. The molecule has 2 heterocycles. The normalized spacial score (nSPS) is 13.2. The van der Waals surface area contributed by atoms with Gasteiger partial charge in [0.2, 0.25) is 0 Å². The Morgan fingerprint density at radius 1 is 1.11 bits per heavy atom. The maximum atomic E-state index is 12.9. The van der Waals surface area contributed by atoms with E-state index < -0.39 is 12.0 Å². The minimum atomic E-state index is -0.888. The fourth-order valence-corrected chi connectivity index (χ4v) is 4.95. The van der Waals surface area contributed by atoms with Crippen molar-refractivity contribution < 1.29 is 9.90 Å². The van der Waals surface area contributed by atoms with Crippen molar-refractivity contribution >= 4 is 5.97 Å². The first kappa shape index (κ1) is 28.3. The Labute approximate surface area is 220 Å². The van der Waals surface area contributed by atoms with Gasteiger partial charge in [-0.2, -0.15) is 0 Å². The maximum Gasteiger partial charge on any atom is 0.305 e. The molecule has 0 bridgehead atoms. The summed E-state index contributed by atoms with van der Waals surface area (Å²) in [5, 5.41) is 13.2. The molecule has 37 heavy (non-hydrogen) atoms. The highest BCUT2D eigenvalue weighted by molar-refractivity contribution is 5.71. The van der Waals surface area contributed by atoms with Gasteiger partial charge in [-0.15, -0.1) is 0 Å². The Balaban J connectivity index is 1.92. The lowest BCUT2D eigenvalue weighted by atomic mass is 9.94. The Kier molecular flexibility index (Phi) is 9.78. The van der Waals surface area contributed by atoms with Crippen LogP contribution in [0.3, 0.4) is 0 Å². The van der Waals surface area contributed by atoms with Crippen LogP contribution in [0.5, 0.6) is 0 Å². The third-order valence-electron chi connectivity index (χ3n) is 6.55. The molecule has 198 valence electrons. The third-order valence-corrected chi connectivity index (χ3v) is 6.55. The Hall–Kier alpha value is -3.29. The van der Waals surface area contributed by atoms with E-state index in [0.717, 1.165) is 46.3 Å². The number of carboxylic acids is 1. The second-order valence-electron chi connectivity index (χ2n) is 10.6. The van der Waals surface area contributed by atoms with Gasteiger partial charge in [-0.3, -0.25) is 14.6 Å². The van der Waals surface area contributed by atoms with Crippen LogP contribution in [0.15, 0.2) is 59.8 Å². The minimum Gasteiger partial charge on any atom is -0.481 e. The molecule has 7 nitrogen and oxygen atoms in total. The molecule has 0 unspecified atom stereocenters. The van der Waals surface area contributed by atoms with Gasteiger partial charge in [0.1, 0.15) is 0 Å². The molecule has 0 aliphatic carbocycles. The fourth-order valence-electron chi connectivity index (χ4n) is 4.95. The quantitative estimate of drug-likeness (QED) is 0.362. The number of hydrogen-bond acceptors (Lipinski definition) is 5. The first-order valence-electron chi connectivity index (χ1n) is 12.9. The molecule has 7 heteroatoms. The number of aryl methyl sites for hydroxylation is 2. The van der Waals surface area contributed by atoms with Crippen LogP contribution in [0.25, 0.3) is 11.1 Å². The van der Waals surface area contributed by atoms with Gasteiger partial charge in [0.15, 0.2) is 0 Å². The highest BCUT2D eigenvalue weighted by Crippen LogP contribution is 2.29. The molecule has 0 fully saturated rings. The van der Waals surface area contributed by atoms with Crippen molar-refractivity contribution in [2.75, 3.05) is 20.6 Å². The van der Waals surface area contributed by atoms with E-state index in [1.165, 1.54) is 0 Å². The van der Waals surface area contributed by atoms with Crippen LogP contribution >= 0.6 is 0 Å². The number of hydrogen-bond donors (Lipinski definition) is 2. The average Bonchev–Trinajstić information content (AvgIpc) is 2.81. The summed E-state index contributed by atoms with van der Waals surface area (Å²) in [5.41, 5.74) is 6.21. The van der Waals surface area contributed by atoms with Crippen LogP contribution in [0, 0.1) is 19.8 Å². The van der Waals surface area contributed by atoms with E-state index in [-0.39, 0.29) is 18.0 Å². The summed E-state index contributed by atoms with van der Waals surface area (Å²) in [7, 11) is 4.00. The molecule has 2 aromatic heterocycles. The summed E-state index contributed by atoms with van der Waals surface area (Å²) >= 11 is 0. The minimum absolute atomic E-state index is 0.0524. The van der Waals surface area contributed by atoms with Crippen molar-refractivity contribution in [3.05, 3.63) is 87.6 Å². The second kappa shape index (κ2) is 12.8. The van der Waals surface area contributed by atoms with E-state index in [2.05, 4.69) is 55.0 Å². The van der Waals surface area contributed by atoms with Crippen molar-refractivity contribution in [3.8, 4) is 11.1 Å². The first-order chi connectivity index (χ1) is 17.5. The monoisotopic (exact) mass is 504 g/mol. The SMILES string of the molecule is Cc1cccc(C)c1-c1cncc([C@H](CC(=O)O)NC[C@H](CC(C)C)n2cc(CN(C)C)ccc2=O)c1. The van der Waals surface area contributed by atoms with Gasteiger partial charge in [0.05, 0.1) is 6.42 Å². The molecule has 0 aliphatic rings. The number of aliphatic carboxylic acids is 1. The molecular formula is C30H40N4O3. The van der Waals surface area contributed by atoms with Gasteiger partial charge < -0.3 is 19.9 Å². The number of carbonyl (C=O) groups is 1. The average molecular weight is 505 g/mol. The van der Waals surface area contributed by atoms with Gasteiger partial charge in [-0.25, -0.2) is 0 Å². The van der Waals surface area contributed by atoms with Crippen LogP contribution < -0.4 is 10.9 Å². The molecule has 0 radical (unpaired) electrons.